The van der Waals surface area contributed by atoms with Crippen molar-refractivity contribution in [3.05, 3.63) is 29.8 Å². The number of carbonyl (C=O) groups excluding carboxylic acids is 1. The summed E-state index contributed by atoms with van der Waals surface area (Å²) in [5.41, 5.74) is 1.09. The minimum absolute atomic E-state index is 0.00178. The zero-order valence-electron chi connectivity index (χ0n) is 12.7. The minimum Gasteiger partial charge on any atom is -0.481 e. The van der Waals surface area contributed by atoms with E-state index in [9.17, 15) is 9.59 Å². The van der Waals surface area contributed by atoms with Gasteiger partial charge in [-0.3, -0.25) is 9.59 Å². The van der Waals surface area contributed by atoms with Gasteiger partial charge in [-0.1, -0.05) is 38.8 Å². The number of hydrogen-bond acceptors (Lipinski definition) is 2. The summed E-state index contributed by atoms with van der Waals surface area (Å²) >= 11 is 0. The van der Waals surface area contributed by atoms with Gasteiger partial charge in [0.2, 0.25) is 5.91 Å². The lowest BCUT2D eigenvalue weighted by atomic mass is 9.77. The highest BCUT2D eigenvalue weighted by Crippen LogP contribution is 2.40. The maximum Gasteiger partial charge on any atom is 0.307 e. The van der Waals surface area contributed by atoms with Crippen molar-refractivity contribution >= 4 is 17.6 Å². The van der Waals surface area contributed by atoms with Crippen LogP contribution in [0.15, 0.2) is 24.3 Å². The number of carboxylic acids is 1. The van der Waals surface area contributed by atoms with Gasteiger partial charge in [0, 0.05) is 11.1 Å². The van der Waals surface area contributed by atoms with Gasteiger partial charge >= 0.3 is 5.97 Å². The summed E-state index contributed by atoms with van der Waals surface area (Å²) in [4.78, 5) is 23.1. The zero-order chi connectivity index (χ0) is 15.5. The number of carbonyl (C=O) groups is 2. The molecule has 0 heterocycles. The Morgan fingerprint density at radius 1 is 1.19 bits per heavy atom. The fourth-order valence-corrected chi connectivity index (χ4v) is 3.01. The van der Waals surface area contributed by atoms with Crippen LogP contribution in [0.4, 0.5) is 5.69 Å². The van der Waals surface area contributed by atoms with Crippen molar-refractivity contribution in [1.29, 1.82) is 0 Å². The number of amides is 1. The van der Waals surface area contributed by atoms with Crippen LogP contribution in [0.3, 0.4) is 0 Å². The van der Waals surface area contributed by atoms with E-state index in [1.807, 2.05) is 13.8 Å². The Kier molecular flexibility index (Phi) is 4.66. The van der Waals surface area contributed by atoms with Gasteiger partial charge in [-0.15, -0.1) is 0 Å². The Labute approximate surface area is 125 Å². The predicted octanol–water partition coefficient (Wildman–Crippen LogP) is 3.47. The van der Waals surface area contributed by atoms with Crippen molar-refractivity contribution in [3.8, 4) is 0 Å². The second kappa shape index (κ2) is 6.29. The van der Waals surface area contributed by atoms with Crippen LogP contribution in [0.25, 0.3) is 0 Å². The number of anilines is 1. The molecule has 21 heavy (non-hydrogen) atoms. The fourth-order valence-electron chi connectivity index (χ4n) is 3.01. The molecule has 0 unspecified atom stereocenters. The van der Waals surface area contributed by atoms with Crippen molar-refractivity contribution in [2.75, 3.05) is 5.32 Å². The molecule has 1 aromatic carbocycles. The topological polar surface area (TPSA) is 66.4 Å². The number of hydrogen-bond donors (Lipinski definition) is 2. The molecule has 0 atom stereocenters. The van der Waals surface area contributed by atoms with Crippen molar-refractivity contribution in [2.24, 2.45) is 11.3 Å². The lowest BCUT2D eigenvalue weighted by molar-refractivity contribution is -0.136. The van der Waals surface area contributed by atoms with E-state index in [-0.39, 0.29) is 17.7 Å². The zero-order valence-corrected chi connectivity index (χ0v) is 12.7. The number of rotatable bonds is 5. The van der Waals surface area contributed by atoms with Crippen molar-refractivity contribution in [2.45, 2.75) is 46.0 Å². The molecule has 1 aliphatic carbocycles. The maximum absolute atomic E-state index is 12.5. The first-order valence-electron chi connectivity index (χ1n) is 7.52. The summed E-state index contributed by atoms with van der Waals surface area (Å²) in [6.45, 7) is 4.02. The predicted molar refractivity (Wildman–Crippen MR) is 82.2 cm³/mol. The highest BCUT2D eigenvalue weighted by Gasteiger charge is 2.38. The number of benzene rings is 1. The Hall–Kier alpha value is -1.84. The first-order chi connectivity index (χ1) is 9.89. The van der Waals surface area contributed by atoms with E-state index in [0.717, 1.165) is 24.1 Å². The van der Waals surface area contributed by atoms with Gasteiger partial charge in [0.15, 0.2) is 0 Å². The van der Waals surface area contributed by atoms with Crippen LogP contribution in [0.5, 0.6) is 0 Å². The van der Waals surface area contributed by atoms with Gasteiger partial charge < -0.3 is 10.4 Å². The van der Waals surface area contributed by atoms with E-state index in [4.69, 9.17) is 5.11 Å². The smallest absolute Gasteiger partial charge is 0.307 e. The molecule has 114 valence electrons. The molecule has 1 aliphatic rings. The summed E-state index contributed by atoms with van der Waals surface area (Å²) in [5.74, 6) is -0.363. The van der Waals surface area contributed by atoms with Gasteiger partial charge in [-0.25, -0.2) is 0 Å². The highest BCUT2D eigenvalue weighted by molar-refractivity contribution is 5.95. The van der Waals surface area contributed by atoms with E-state index in [1.54, 1.807) is 24.3 Å². The number of carboxylic acid groups (broad SMARTS) is 1. The van der Waals surface area contributed by atoms with Crippen LogP contribution < -0.4 is 5.32 Å². The molecular formula is C17H23NO3. The molecule has 2 N–H and O–H groups in total. The Morgan fingerprint density at radius 2 is 1.76 bits per heavy atom. The normalized spacial score (nSPS) is 15.9. The van der Waals surface area contributed by atoms with Crippen LogP contribution in [-0.4, -0.2) is 17.0 Å². The largest absolute Gasteiger partial charge is 0.481 e. The third-order valence-corrected chi connectivity index (χ3v) is 4.53. The average molecular weight is 289 g/mol. The molecule has 0 aromatic heterocycles. The molecule has 4 nitrogen and oxygen atoms in total. The summed E-state index contributed by atoms with van der Waals surface area (Å²) in [7, 11) is 0. The van der Waals surface area contributed by atoms with Crippen LogP contribution in [0.2, 0.25) is 0 Å². The van der Waals surface area contributed by atoms with E-state index < -0.39 is 5.97 Å². The molecule has 0 saturated heterocycles. The van der Waals surface area contributed by atoms with Crippen molar-refractivity contribution in [1.82, 2.24) is 0 Å². The maximum atomic E-state index is 12.5. The van der Waals surface area contributed by atoms with Crippen LogP contribution in [-0.2, 0) is 16.0 Å². The quantitative estimate of drug-likeness (QED) is 0.872. The van der Waals surface area contributed by atoms with Crippen LogP contribution >= 0.6 is 0 Å². The molecule has 1 fully saturated rings. The molecule has 4 heteroatoms. The average Bonchev–Trinajstić information content (AvgIpc) is 2.95. The third-order valence-electron chi connectivity index (χ3n) is 4.53. The molecule has 0 radical (unpaired) electrons. The Morgan fingerprint density at radius 3 is 2.29 bits per heavy atom. The molecule has 0 bridgehead atoms. The first kappa shape index (κ1) is 15.5. The lowest BCUT2D eigenvalue weighted by Crippen LogP contribution is -2.36. The van der Waals surface area contributed by atoms with Gasteiger partial charge in [0.05, 0.1) is 6.42 Å². The van der Waals surface area contributed by atoms with Gasteiger partial charge in [-0.2, -0.15) is 0 Å². The fraction of sp³-hybridized carbons (Fsp3) is 0.529. The van der Waals surface area contributed by atoms with Crippen LogP contribution in [0.1, 0.15) is 45.1 Å². The van der Waals surface area contributed by atoms with Gasteiger partial charge in [0.25, 0.3) is 0 Å². The second-order valence-electron chi connectivity index (χ2n) is 6.42. The number of aliphatic carboxylic acids is 1. The third kappa shape index (κ3) is 3.84. The molecule has 1 aromatic rings. The van der Waals surface area contributed by atoms with E-state index in [2.05, 4.69) is 5.32 Å². The van der Waals surface area contributed by atoms with E-state index in [1.165, 1.54) is 12.8 Å². The molecule has 0 aliphatic heterocycles. The highest BCUT2D eigenvalue weighted by atomic mass is 16.4. The summed E-state index contributed by atoms with van der Waals surface area (Å²) in [6.07, 6.45) is 4.67. The molecular weight excluding hydrogens is 266 g/mol. The Balaban J connectivity index is 2.00. The van der Waals surface area contributed by atoms with Crippen LogP contribution in [0, 0.1) is 11.3 Å². The van der Waals surface area contributed by atoms with E-state index in [0.29, 0.717) is 5.92 Å². The van der Waals surface area contributed by atoms with E-state index >= 15 is 0 Å². The molecule has 1 amide bonds. The molecule has 2 rings (SSSR count). The summed E-state index contributed by atoms with van der Waals surface area (Å²) in [5, 5.41) is 11.7. The standard InChI is InChI=1S/C17H23NO3/c1-17(2,13-5-3-4-6-13)16(21)18-14-9-7-12(8-10-14)11-15(19)20/h7-10,13H,3-6,11H2,1-2H3,(H,18,21)(H,19,20). The summed E-state index contributed by atoms with van der Waals surface area (Å²) in [6, 6.07) is 7.01. The van der Waals surface area contributed by atoms with Crippen molar-refractivity contribution < 1.29 is 14.7 Å². The lowest BCUT2D eigenvalue weighted by Gasteiger charge is -2.30. The first-order valence-corrected chi connectivity index (χ1v) is 7.52. The van der Waals surface area contributed by atoms with Crippen molar-refractivity contribution in [3.63, 3.8) is 0 Å². The SMILES string of the molecule is CC(C)(C(=O)Nc1ccc(CC(=O)O)cc1)C1CCCC1. The molecule has 1 saturated carbocycles. The minimum atomic E-state index is -0.853. The Bertz CT molecular complexity index is 513. The van der Waals surface area contributed by atoms with Gasteiger partial charge in [-0.05, 0) is 36.5 Å². The number of nitrogens with one attached hydrogen (secondary N) is 1. The summed E-state index contributed by atoms with van der Waals surface area (Å²) < 4.78 is 0. The van der Waals surface area contributed by atoms with Gasteiger partial charge in [0.1, 0.15) is 0 Å². The molecule has 0 spiro atoms. The monoisotopic (exact) mass is 289 g/mol. The second-order valence-corrected chi connectivity index (χ2v) is 6.42.